The topological polar surface area (TPSA) is 48.3 Å². The van der Waals surface area contributed by atoms with Crippen molar-refractivity contribution in [3.8, 4) is 6.07 Å². The molecule has 2 atom stereocenters. The van der Waals surface area contributed by atoms with Crippen molar-refractivity contribution in [1.29, 1.82) is 5.26 Å². The van der Waals surface area contributed by atoms with Crippen molar-refractivity contribution in [3.63, 3.8) is 0 Å². The molecule has 19 heavy (non-hydrogen) atoms. The molecule has 0 aromatic carbocycles. The van der Waals surface area contributed by atoms with Crippen molar-refractivity contribution in [2.24, 2.45) is 0 Å². The summed E-state index contributed by atoms with van der Waals surface area (Å²) >= 11 is 0. The smallest absolute Gasteiger partial charge is 0.108 e. The molecule has 1 heterocycles. The van der Waals surface area contributed by atoms with E-state index in [0.29, 0.717) is 6.04 Å². The summed E-state index contributed by atoms with van der Waals surface area (Å²) in [4.78, 5) is 2.56. The van der Waals surface area contributed by atoms with Gasteiger partial charge in [0.05, 0.1) is 19.3 Å². The van der Waals surface area contributed by atoms with Crippen LogP contribution in [0.4, 0.5) is 0 Å². The Kier molecular flexibility index (Phi) is 4.50. The number of ether oxygens (including phenoxy) is 1. The highest BCUT2D eigenvalue weighted by atomic mass is 16.5. The molecule has 0 spiro atoms. The molecule has 2 rings (SSSR count). The second-order valence-electron chi connectivity index (χ2n) is 6.58. The molecular weight excluding hydrogens is 238 g/mol. The Hall–Kier alpha value is -0.630. The van der Waals surface area contributed by atoms with Gasteiger partial charge in [0.15, 0.2) is 0 Å². The van der Waals surface area contributed by atoms with Crippen LogP contribution in [0.5, 0.6) is 0 Å². The van der Waals surface area contributed by atoms with E-state index in [1.165, 1.54) is 0 Å². The highest BCUT2D eigenvalue weighted by molar-refractivity contribution is 5.14. The quantitative estimate of drug-likeness (QED) is 0.843. The molecular formula is C15H27N3O. The molecule has 4 nitrogen and oxygen atoms in total. The Balaban J connectivity index is 2.02. The van der Waals surface area contributed by atoms with Crippen LogP contribution in [0.1, 0.15) is 46.5 Å². The maximum Gasteiger partial charge on any atom is 0.108 e. The third-order valence-corrected chi connectivity index (χ3v) is 4.57. The van der Waals surface area contributed by atoms with E-state index in [-0.39, 0.29) is 11.1 Å². The monoisotopic (exact) mass is 265 g/mol. The van der Waals surface area contributed by atoms with Crippen LogP contribution in [-0.4, -0.2) is 48.3 Å². The lowest BCUT2D eigenvalue weighted by molar-refractivity contribution is -0.0713. The molecule has 1 aliphatic carbocycles. The first-order valence-electron chi connectivity index (χ1n) is 7.54. The third-order valence-electron chi connectivity index (χ3n) is 4.57. The molecule has 108 valence electrons. The number of rotatable bonds is 4. The molecule has 4 heteroatoms. The molecule has 0 radical (unpaired) electrons. The molecule has 0 amide bonds. The van der Waals surface area contributed by atoms with E-state index in [1.54, 1.807) is 0 Å². The summed E-state index contributed by atoms with van der Waals surface area (Å²) in [7, 11) is 0. The number of nitrogens with one attached hydrogen (secondary N) is 1. The predicted molar refractivity (Wildman–Crippen MR) is 75.9 cm³/mol. The van der Waals surface area contributed by atoms with Crippen molar-refractivity contribution in [1.82, 2.24) is 10.2 Å². The van der Waals surface area contributed by atoms with E-state index in [0.717, 1.165) is 52.0 Å². The van der Waals surface area contributed by atoms with E-state index >= 15 is 0 Å². The Morgan fingerprint density at radius 2 is 2.26 bits per heavy atom. The normalized spacial score (nSPS) is 35.2. The number of nitrogens with zero attached hydrogens (tertiary/aromatic N) is 2. The van der Waals surface area contributed by atoms with E-state index < -0.39 is 0 Å². The van der Waals surface area contributed by atoms with Crippen molar-refractivity contribution in [3.05, 3.63) is 0 Å². The van der Waals surface area contributed by atoms with Gasteiger partial charge in [-0.3, -0.25) is 10.2 Å². The summed E-state index contributed by atoms with van der Waals surface area (Å²) < 4.78 is 5.60. The SMILES string of the molecule is CCCNC1(C#N)CCC(N2CCOCC2(C)C)C1. The number of nitriles is 1. The van der Waals surface area contributed by atoms with Gasteiger partial charge < -0.3 is 4.74 Å². The van der Waals surface area contributed by atoms with Gasteiger partial charge in [-0.05, 0) is 46.1 Å². The van der Waals surface area contributed by atoms with Crippen LogP contribution in [0.3, 0.4) is 0 Å². The maximum atomic E-state index is 9.53. The second kappa shape index (κ2) is 5.78. The molecule has 2 aliphatic rings. The van der Waals surface area contributed by atoms with Gasteiger partial charge in [0.25, 0.3) is 0 Å². The fraction of sp³-hybridized carbons (Fsp3) is 0.933. The van der Waals surface area contributed by atoms with E-state index in [2.05, 4.69) is 37.1 Å². The first-order valence-corrected chi connectivity index (χ1v) is 7.54. The number of hydrogen-bond donors (Lipinski definition) is 1. The van der Waals surface area contributed by atoms with Crippen molar-refractivity contribution in [2.75, 3.05) is 26.3 Å². The van der Waals surface area contributed by atoms with Gasteiger partial charge in [0, 0.05) is 18.1 Å². The average Bonchev–Trinajstić information content (AvgIpc) is 2.81. The third kappa shape index (κ3) is 3.10. The van der Waals surface area contributed by atoms with Gasteiger partial charge in [0.2, 0.25) is 0 Å². The molecule has 2 fully saturated rings. The molecule has 0 aromatic heterocycles. The van der Waals surface area contributed by atoms with Crippen LogP contribution >= 0.6 is 0 Å². The average molecular weight is 265 g/mol. The number of hydrogen-bond acceptors (Lipinski definition) is 4. The molecule has 1 aliphatic heterocycles. The van der Waals surface area contributed by atoms with Crippen LogP contribution in [0.15, 0.2) is 0 Å². The lowest BCUT2D eigenvalue weighted by Crippen LogP contribution is -2.57. The standard InChI is InChI=1S/C15H27N3O/c1-4-7-17-15(11-16)6-5-13(10-15)18-8-9-19-12-14(18,2)3/h13,17H,4-10,12H2,1-3H3. The van der Waals surface area contributed by atoms with E-state index in [4.69, 9.17) is 4.74 Å². The van der Waals surface area contributed by atoms with Gasteiger partial charge in [0.1, 0.15) is 5.54 Å². The highest BCUT2D eigenvalue weighted by Crippen LogP contribution is 2.36. The number of morpholine rings is 1. The zero-order valence-corrected chi connectivity index (χ0v) is 12.5. The minimum Gasteiger partial charge on any atom is -0.378 e. The van der Waals surface area contributed by atoms with Crippen LogP contribution in [0.25, 0.3) is 0 Å². The van der Waals surface area contributed by atoms with Crippen molar-refractivity contribution < 1.29 is 4.74 Å². The molecule has 1 saturated carbocycles. The van der Waals surface area contributed by atoms with Crippen LogP contribution in [0, 0.1) is 11.3 Å². The Labute approximate surface area is 117 Å². The lowest BCUT2D eigenvalue weighted by atomic mass is 9.96. The summed E-state index contributed by atoms with van der Waals surface area (Å²) in [6.45, 7) is 10.2. The summed E-state index contributed by atoms with van der Waals surface area (Å²) in [5.41, 5.74) is -0.200. The first-order chi connectivity index (χ1) is 9.03. The Morgan fingerprint density at radius 3 is 2.89 bits per heavy atom. The molecule has 0 bridgehead atoms. The van der Waals surface area contributed by atoms with Crippen molar-refractivity contribution in [2.45, 2.75) is 63.6 Å². The van der Waals surface area contributed by atoms with Gasteiger partial charge in [-0.1, -0.05) is 6.92 Å². The van der Waals surface area contributed by atoms with E-state index in [1.807, 2.05) is 0 Å². The summed E-state index contributed by atoms with van der Waals surface area (Å²) in [6.07, 6.45) is 4.12. The Bertz CT molecular complexity index is 350. The van der Waals surface area contributed by atoms with Crippen LogP contribution in [0.2, 0.25) is 0 Å². The van der Waals surface area contributed by atoms with Gasteiger partial charge in [-0.25, -0.2) is 0 Å². The van der Waals surface area contributed by atoms with Gasteiger partial charge >= 0.3 is 0 Å². The minimum atomic E-state index is -0.297. The zero-order valence-electron chi connectivity index (χ0n) is 12.5. The summed E-state index contributed by atoms with van der Waals surface area (Å²) in [5.74, 6) is 0. The van der Waals surface area contributed by atoms with Crippen LogP contribution in [-0.2, 0) is 4.74 Å². The highest BCUT2D eigenvalue weighted by Gasteiger charge is 2.45. The summed E-state index contributed by atoms with van der Waals surface area (Å²) in [6, 6.07) is 3.06. The second-order valence-corrected chi connectivity index (χ2v) is 6.58. The summed E-state index contributed by atoms with van der Waals surface area (Å²) in [5, 5.41) is 13.0. The maximum absolute atomic E-state index is 9.53. The van der Waals surface area contributed by atoms with Gasteiger partial charge in [-0.15, -0.1) is 0 Å². The fourth-order valence-electron chi connectivity index (χ4n) is 3.50. The molecule has 1 saturated heterocycles. The first kappa shape index (κ1) is 14.8. The Morgan fingerprint density at radius 1 is 1.47 bits per heavy atom. The molecule has 2 unspecified atom stereocenters. The minimum absolute atomic E-state index is 0.0964. The van der Waals surface area contributed by atoms with E-state index in [9.17, 15) is 5.26 Å². The largest absolute Gasteiger partial charge is 0.378 e. The van der Waals surface area contributed by atoms with Gasteiger partial charge in [-0.2, -0.15) is 5.26 Å². The van der Waals surface area contributed by atoms with Crippen molar-refractivity contribution >= 4 is 0 Å². The zero-order chi connectivity index (χ0) is 13.9. The molecule has 0 aromatic rings. The predicted octanol–water partition coefficient (Wildman–Crippen LogP) is 1.91. The lowest BCUT2D eigenvalue weighted by Gasteiger charge is -2.46. The van der Waals surface area contributed by atoms with Crippen LogP contribution < -0.4 is 5.32 Å². The fourth-order valence-corrected chi connectivity index (χ4v) is 3.50. The molecule has 1 N–H and O–H groups in total.